The normalized spacial score (nSPS) is 23.5. The Bertz CT molecular complexity index is 626. The molecule has 20 heavy (non-hydrogen) atoms. The molecule has 1 amide bonds. The maximum Gasteiger partial charge on any atom is 0.264 e. The minimum absolute atomic E-state index is 0.105. The molecule has 2 atom stereocenters. The lowest BCUT2D eigenvalue weighted by atomic mass is 10.2. The van der Waals surface area contributed by atoms with Crippen LogP contribution in [-0.2, 0) is 11.8 Å². The van der Waals surface area contributed by atoms with E-state index in [1.165, 1.54) is 11.3 Å². The second-order valence-electron chi connectivity index (χ2n) is 5.49. The second kappa shape index (κ2) is 4.86. The van der Waals surface area contributed by atoms with Crippen LogP contribution in [0.2, 0.25) is 0 Å². The fraction of sp³-hybridized carbons (Fsp3) is 0.571. The molecule has 0 aliphatic carbocycles. The summed E-state index contributed by atoms with van der Waals surface area (Å²) in [6.07, 6.45) is 0.105. The summed E-state index contributed by atoms with van der Waals surface area (Å²) < 4.78 is 7.43. The van der Waals surface area contributed by atoms with E-state index in [-0.39, 0.29) is 18.1 Å². The molecule has 5 nitrogen and oxygen atoms in total. The zero-order chi connectivity index (χ0) is 14.4. The smallest absolute Gasteiger partial charge is 0.264 e. The predicted octanol–water partition coefficient (Wildman–Crippen LogP) is 2.19. The summed E-state index contributed by atoms with van der Waals surface area (Å²) in [4.78, 5) is 16.5. The van der Waals surface area contributed by atoms with Gasteiger partial charge in [-0.3, -0.25) is 9.48 Å². The van der Waals surface area contributed by atoms with Gasteiger partial charge in [0.2, 0.25) is 0 Å². The maximum absolute atomic E-state index is 12.7. The Morgan fingerprint density at radius 1 is 1.50 bits per heavy atom. The number of aromatic nitrogens is 2. The van der Waals surface area contributed by atoms with Gasteiger partial charge in [-0.1, -0.05) is 0 Å². The standard InChI is InChI=1S/C14H19N3O2S/c1-8-7-19-9(2)6-17(8)13(18)12-5-11-10(3)15-16(4)14(11)20-12/h5,8-9H,6-7H2,1-4H3/t8-,9+/m0/s1. The van der Waals surface area contributed by atoms with Crippen LogP contribution in [0.4, 0.5) is 0 Å². The molecule has 0 bridgehead atoms. The Balaban J connectivity index is 1.93. The highest BCUT2D eigenvalue weighted by Gasteiger charge is 2.29. The van der Waals surface area contributed by atoms with Gasteiger partial charge in [-0.05, 0) is 26.8 Å². The number of aryl methyl sites for hydroxylation is 2. The monoisotopic (exact) mass is 293 g/mol. The summed E-state index contributed by atoms with van der Waals surface area (Å²) in [6, 6.07) is 2.10. The predicted molar refractivity (Wildman–Crippen MR) is 79.2 cm³/mol. The highest BCUT2D eigenvalue weighted by atomic mass is 32.1. The topological polar surface area (TPSA) is 47.4 Å². The fourth-order valence-corrected chi connectivity index (χ4v) is 3.72. The van der Waals surface area contributed by atoms with Gasteiger partial charge in [-0.2, -0.15) is 5.10 Å². The highest BCUT2D eigenvalue weighted by Crippen LogP contribution is 2.29. The lowest BCUT2D eigenvalue weighted by molar-refractivity contribution is -0.0385. The lowest BCUT2D eigenvalue weighted by Crippen LogP contribution is -2.50. The average molecular weight is 293 g/mol. The summed E-state index contributed by atoms with van der Waals surface area (Å²) in [5.41, 5.74) is 0.973. The SMILES string of the molecule is Cc1nn(C)c2sc(C(=O)N3C[C@@H](C)OC[C@@H]3C)cc12. The van der Waals surface area contributed by atoms with E-state index in [0.29, 0.717) is 13.2 Å². The van der Waals surface area contributed by atoms with Crippen molar-refractivity contribution in [2.75, 3.05) is 13.2 Å². The van der Waals surface area contributed by atoms with Gasteiger partial charge < -0.3 is 9.64 Å². The van der Waals surface area contributed by atoms with E-state index < -0.39 is 0 Å². The molecular formula is C14H19N3O2S. The van der Waals surface area contributed by atoms with Crippen molar-refractivity contribution < 1.29 is 9.53 Å². The molecular weight excluding hydrogens is 274 g/mol. The van der Waals surface area contributed by atoms with Gasteiger partial charge in [0.1, 0.15) is 4.83 Å². The maximum atomic E-state index is 12.7. The van der Waals surface area contributed by atoms with Crippen molar-refractivity contribution in [1.29, 1.82) is 0 Å². The first-order valence-electron chi connectivity index (χ1n) is 6.83. The van der Waals surface area contributed by atoms with Crippen molar-refractivity contribution in [2.24, 2.45) is 7.05 Å². The lowest BCUT2D eigenvalue weighted by Gasteiger charge is -2.36. The van der Waals surface area contributed by atoms with Crippen LogP contribution >= 0.6 is 11.3 Å². The van der Waals surface area contributed by atoms with E-state index in [9.17, 15) is 4.79 Å². The molecule has 2 aromatic rings. The van der Waals surface area contributed by atoms with Crippen LogP contribution in [0.3, 0.4) is 0 Å². The molecule has 0 N–H and O–H groups in total. The minimum Gasteiger partial charge on any atom is -0.375 e. The van der Waals surface area contributed by atoms with Crippen molar-refractivity contribution in [3.8, 4) is 0 Å². The number of carbonyl (C=O) groups is 1. The van der Waals surface area contributed by atoms with Crippen molar-refractivity contribution >= 4 is 27.5 Å². The second-order valence-corrected chi connectivity index (χ2v) is 6.52. The third-order valence-corrected chi connectivity index (χ3v) is 4.97. The van der Waals surface area contributed by atoms with Crippen molar-refractivity contribution in [3.05, 3.63) is 16.6 Å². The van der Waals surface area contributed by atoms with Gasteiger partial charge in [0.05, 0.1) is 29.3 Å². The Hall–Kier alpha value is -1.40. The van der Waals surface area contributed by atoms with Crippen molar-refractivity contribution in [1.82, 2.24) is 14.7 Å². The van der Waals surface area contributed by atoms with Crippen LogP contribution in [0.1, 0.15) is 29.2 Å². The van der Waals surface area contributed by atoms with Crippen molar-refractivity contribution in [3.63, 3.8) is 0 Å². The molecule has 0 radical (unpaired) electrons. The molecule has 1 fully saturated rings. The first-order valence-corrected chi connectivity index (χ1v) is 7.64. The zero-order valence-corrected chi connectivity index (χ0v) is 13.0. The average Bonchev–Trinajstić information content (AvgIpc) is 2.95. The number of amides is 1. The summed E-state index contributed by atoms with van der Waals surface area (Å²) in [5, 5.41) is 5.45. The van der Waals surface area contributed by atoms with Gasteiger partial charge in [-0.25, -0.2) is 0 Å². The molecule has 2 aromatic heterocycles. The van der Waals surface area contributed by atoms with E-state index in [0.717, 1.165) is 20.8 Å². The van der Waals surface area contributed by atoms with Gasteiger partial charge in [0.15, 0.2) is 0 Å². The Morgan fingerprint density at radius 3 is 2.95 bits per heavy atom. The van der Waals surface area contributed by atoms with E-state index in [1.807, 2.05) is 43.5 Å². The first kappa shape index (κ1) is 13.6. The zero-order valence-electron chi connectivity index (χ0n) is 12.2. The number of ether oxygens (including phenoxy) is 1. The van der Waals surface area contributed by atoms with E-state index in [1.54, 1.807) is 0 Å². The molecule has 0 unspecified atom stereocenters. The molecule has 1 aliphatic heterocycles. The molecule has 3 heterocycles. The third kappa shape index (κ3) is 2.13. The third-order valence-electron chi connectivity index (χ3n) is 3.78. The number of rotatable bonds is 1. The Labute approximate surface area is 122 Å². The Morgan fingerprint density at radius 2 is 2.25 bits per heavy atom. The minimum atomic E-state index is 0.105. The van der Waals surface area contributed by atoms with Crippen LogP contribution in [0, 0.1) is 6.92 Å². The summed E-state index contributed by atoms with van der Waals surface area (Å²) >= 11 is 1.52. The van der Waals surface area contributed by atoms with Crippen LogP contribution in [0.15, 0.2) is 6.07 Å². The highest BCUT2D eigenvalue weighted by molar-refractivity contribution is 7.20. The van der Waals surface area contributed by atoms with Crippen LogP contribution in [0.25, 0.3) is 10.2 Å². The quantitative estimate of drug-likeness (QED) is 0.810. The number of hydrogen-bond acceptors (Lipinski definition) is 4. The van der Waals surface area contributed by atoms with Gasteiger partial charge in [0.25, 0.3) is 5.91 Å². The first-order chi connectivity index (χ1) is 9.47. The summed E-state index contributed by atoms with van der Waals surface area (Å²) in [7, 11) is 1.92. The van der Waals surface area contributed by atoms with Gasteiger partial charge >= 0.3 is 0 Å². The Kier molecular flexibility index (Phi) is 3.30. The number of fused-ring (bicyclic) bond motifs is 1. The summed E-state index contributed by atoms with van der Waals surface area (Å²) in [6.45, 7) is 7.28. The largest absolute Gasteiger partial charge is 0.375 e. The van der Waals surface area contributed by atoms with Crippen LogP contribution < -0.4 is 0 Å². The molecule has 1 saturated heterocycles. The van der Waals surface area contributed by atoms with E-state index in [4.69, 9.17) is 4.74 Å². The molecule has 1 aliphatic rings. The van der Waals surface area contributed by atoms with E-state index in [2.05, 4.69) is 5.10 Å². The van der Waals surface area contributed by atoms with Crippen LogP contribution in [0.5, 0.6) is 0 Å². The van der Waals surface area contributed by atoms with Gasteiger partial charge in [-0.15, -0.1) is 11.3 Å². The molecule has 108 valence electrons. The van der Waals surface area contributed by atoms with Gasteiger partial charge in [0, 0.05) is 19.0 Å². The number of thiophene rings is 1. The molecule has 0 saturated carbocycles. The molecule has 0 spiro atoms. The number of morpholine rings is 1. The van der Waals surface area contributed by atoms with Crippen molar-refractivity contribution in [2.45, 2.75) is 32.9 Å². The fourth-order valence-electron chi connectivity index (χ4n) is 2.64. The molecule has 3 rings (SSSR count). The summed E-state index contributed by atoms with van der Waals surface area (Å²) in [5.74, 6) is 0.105. The number of hydrogen-bond donors (Lipinski definition) is 0. The van der Waals surface area contributed by atoms with E-state index >= 15 is 0 Å². The number of nitrogens with zero attached hydrogens (tertiary/aromatic N) is 3. The number of carbonyl (C=O) groups excluding carboxylic acids is 1. The molecule has 6 heteroatoms. The van der Waals surface area contributed by atoms with Crippen LogP contribution in [-0.4, -0.2) is 45.9 Å². The molecule has 0 aromatic carbocycles.